The SMILES string of the molecule is CCc1n[nH]c2ncnc(N3CCN(c4cccc(Cl)c4)C(C(=O)NCCN(C)C)C3)c12. The van der Waals surface area contributed by atoms with E-state index in [1.54, 1.807) is 6.33 Å². The van der Waals surface area contributed by atoms with Crippen molar-refractivity contribution in [3.8, 4) is 0 Å². The number of amides is 1. The van der Waals surface area contributed by atoms with Crippen LogP contribution in [0.1, 0.15) is 12.6 Å². The molecule has 0 bridgehead atoms. The molecule has 9 nitrogen and oxygen atoms in total. The number of piperazine rings is 1. The molecule has 1 atom stereocenters. The van der Waals surface area contributed by atoms with Gasteiger partial charge in [-0.3, -0.25) is 9.89 Å². The first-order valence-electron chi connectivity index (χ1n) is 10.9. The molecule has 1 aliphatic rings. The molecule has 1 aromatic carbocycles. The fourth-order valence-electron chi connectivity index (χ4n) is 4.08. The Bertz CT molecular complexity index is 1080. The molecule has 0 saturated carbocycles. The molecule has 0 aliphatic carbocycles. The summed E-state index contributed by atoms with van der Waals surface area (Å²) in [6.45, 7) is 5.31. The van der Waals surface area contributed by atoms with Gasteiger partial charge < -0.3 is 20.0 Å². The number of rotatable bonds is 7. The number of aryl methyl sites for hydroxylation is 1. The van der Waals surface area contributed by atoms with Crippen molar-refractivity contribution in [1.29, 1.82) is 0 Å². The second-order valence-corrected chi connectivity index (χ2v) is 8.61. The summed E-state index contributed by atoms with van der Waals surface area (Å²) in [4.78, 5) is 28.5. The van der Waals surface area contributed by atoms with Crippen molar-refractivity contribution in [2.75, 3.05) is 56.6 Å². The van der Waals surface area contributed by atoms with Crippen molar-refractivity contribution in [3.63, 3.8) is 0 Å². The molecule has 1 aliphatic heterocycles. The summed E-state index contributed by atoms with van der Waals surface area (Å²) in [5.74, 6) is 0.808. The third-order valence-corrected chi connectivity index (χ3v) is 5.96. The zero-order valence-electron chi connectivity index (χ0n) is 18.7. The van der Waals surface area contributed by atoms with Crippen LogP contribution in [0, 0.1) is 0 Å². The number of carbonyl (C=O) groups excluding carboxylic acids is 1. The second kappa shape index (κ2) is 9.70. The van der Waals surface area contributed by atoms with Crippen LogP contribution < -0.4 is 15.1 Å². The van der Waals surface area contributed by atoms with E-state index in [0.29, 0.717) is 31.2 Å². The minimum Gasteiger partial charge on any atom is -0.356 e. The molecule has 1 saturated heterocycles. The van der Waals surface area contributed by atoms with Crippen molar-refractivity contribution in [2.45, 2.75) is 19.4 Å². The molecular formula is C22H29ClN8O. The molecule has 3 heterocycles. The largest absolute Gasteiger partial charge is 0.356 e. The average Bonchev–Trinajstić information content (AvgIpc) is 3.22. The lowest BCUT2D eigenvalue weighted by Gasteiger charge is -2.42. The average molecular weight is 457 g/mol. The fourth-order valence-corrected chi connectivity index (χ4v) is 4.27. The lowest BCUT2D eigenvalue weighted by molar-refractivity contribution is -0.122. The maximum Gasteiger partial charge on any atom is 0.244 e. The molecule has 10 heteroatoms. The zero-order valence-corrected chi connectivity index (χ0v) is 19.4. The predicted molar refractivity (Wildman–Crippen MR) is 127 cm³/mol. The maximum atomic E-state index is 13.3. The van der Waals surface area contributed by atoms with Gasteiger partial charge in [0.15, 0.2) is 5.65 Å². The number of nitrogens with one attached hydrogen (secondary N) is 2. The first-order chi connectivity index (χ1) is 15.5. The molecule has 2 N–H and O–H groups in total. The van der Waals surface area contributed by atoms with E-state index in [-0.39, 0.29) is 11.9 Å². The topological polar surface area (TPSA) is 93.3 Å². The van der Waals surface area contributed by atoms with Crippen LogP contribution in [0.4, 0.5) is 11.5 Å². The van der Waals surface area contributed by atoms with Gasteiger partial charge in [-0.1, -0.05) is 24.6 Å². The number of carbonyl (C=O) groups is 1. The summed E-state index contributed by atoms with van der Waals surface area (Å²) in [6.07, 6.45) is 2.32. The Labute approximate surface area is 192 Å². The van der Waals surface area contributed by atoms with Gasteiger partial charge in [0.2, 0.25) is 5.91 Å². The Morgan fingerprint density at radius 1 is 1.31 bits per heavy atom. The van der Waals surface area contributed by atoms with Crippen LogP contribution in [0.2, 0.25) is 5.02 Å². The molecule has 3 aromatic rings. The van der Waals surface area contributed by atoms with Crippen LogP contribution in [0.25, 0.3) is 11.0 Å². The normalized spacial score (nSPS) is 16.7. The quantitative estimate of drug-likeness (QED) is 0.561. The van der Waals surface area contributed by atoms with E-state index < -0.39 is 0 Å². The first kappa shape index (κ1) is 22.3. The van der Waals surface area contributed by atoms with E-state index in [4.69, 9.17) is 11.6 Å². The van der Waals surface area contributed by atoms with Gasteiger partial charge in [0.1, 0.15) is 18.2 Å². The summed E-state index contributed by atoms with van der Waals surface area (Å²) in [7, 11) is 3.98. The molecule has 170 valence electrons. The summed E-state index contributed by atoms with van der Waals surface area (Å²) in [5, 5.41) is 12.1. The number of fused-ring (bicyclic) bond motifs is 1. The Morgan fingerprint density at radius 2 is 2.16 bits per heavy atom. The molecule has 1 unspecified atom stereocenters. The minimum absolute atomic E-state index is 0.00951. The number of anilines is 2. The number of benzene rings is 1. The molecule has 0 radical (unpaired) electrons. The number of likely N-dealkylation sites (N-methyl/N-ethyl adjacent to an activating group) is 1. The second-order valence-electron chi connectivity index (χ2n) is 8.17. The highest BCUT2D eigenvalue weighted by Crippen LogP contribution is 2.29. The standard InChI is InChI=1S/C22H29ClN8O/c1-4-17-19-20(28-27-17)25-14-26-21(19)30-10-11-31(16-7-5-6-15(23)12-16)18(13-30)22(32)24-8-9-29(2)3/h5-7,12,14,18H,4,8-11,13H2,1-3H3,(H,24,32)(H,25,26,27,28). The van der Waals surface area contributed by atoms with E-state index in [0.717, 1.165) is 41.2 Å². The third-order valence-electron chi connectivity index (χ3n) is 5.73. The van der Waals surface area contributed by atoms with Crippen LogP contribution in [-0.4, -0.2) is 83.8 Å². The van der Waals surface area contributed by atoms with Gasteiger partial charge in [-0.15, -0.1) is 0 Å². The van der Waals surface area contributed by atoms with Crippen LogP contribution >= 0.6 is 11.6 Å². The lowest BCUT2D eigenvalue weighted by atomic mass is 10.1. The number of aromatic nitrogens is 4. The Kier molecular flexibility index (Phi) is 6.76. The number of hydrogen-bond donors (Lipinski definition) is 2. The smallest absolute Gasteiger partial charge is 0.244 e. The van der Waals surface area contributed by atoms with Crippen LogP contribution in [0.5, 0.6) is 0 Å². The van der Waals surface area contributed by atoms with E-state index in [2.05, 4.69) is 42.2 Å². The maximum absolute atomic E-state index is 13.3. The fraction of sp³-hybridized carbons (Fsp3) is 0.455. The van der Waals surface area contributed by atoms with Gasteiger partial charge in [-0.05, 0) is 38.7 Å². The summed E-state index contributed by atoms with van der Waals surface area (Å²) in [5.41, 5.74) is 2.59. The van der Waals surface area contributed by atoms with Crippen molar-refractivity contribution in [2.24, 2.45) is 0 Å². The molecule has 1 fully saturated rings. The number of halogens is 1. The highest BCUT2D eigenvalue weighted by molar-refractivity contribution is 6.30. The van der Waals surface area contributed by atoms with Crippen molar-refractivity contribution in [1.82, 2.24) is 30.4 Å². The van der Waals surface area contributed by atoms with Gasteiger partial charge in [-0.25, -0.2) is 9.97 Å². The predicted octanol–water partition coefficient (Wildman–Crippen LogP) is 1.94. The minimum atomic E-state index is -0.383. The molecule has 32 heavy (non-hydrogen) atoms. The Morgan fingerprint density at radius 3 is 2.91 bits per heavy atom. The first-order valence-corrected chi connectivity index (χ1v) is 11.2. The molecular weight excluding hydrogens is 428 g/mol. The van der Waals surface area contributed by atoms with Crippen LogP contribution in [-0.2, 0) is 11.2 Å². The van der Waals surface area contributed by atoms with Crippen molar-refractivity contribution in [3.05, 3.63) is 41.3 Å². The third kappa shape index (κ3) is 4.63. The van der Waals surface area contributed by atoms with Crippen LogP contribution in [0.15, 0.2) is 30.6 Å². The van der Waals surface area contributed by atoms with Gasteiger partial charge in [-0.2, -0.15) is 5.10 Å². The van der Waals surface area contributed by atoms with Gasteiger partial charge in [0, 0.05) is 43.4 Å². The van der Waals surface area contributed by atoms with E-state index in [9.17, 15) is 4.79 Å². The van der Waals surface area contributed by atoms with E-state index >= 15 is 0 Å². The van der Waals surface area contributed by atoms with E-state index in [1.807, 2.05) is 43.3 Å². The van der Waals surface area contributed by atoms with Gasteiger partial charge in [0.25, 0.3) is 0 Å². The van der Waals surface area contributed by atoms with Crippen LogP contribution in [0.3, 0.4) is 0 Å². The molecule has 4 rings (SSSR count). The molecule has 1 amide bonds. The van der Waals surface area contributed by atoms with Gasteiger partial charge >= 0.3 is 0 Å². The molecule has 0 spiro atoms. The summed E-state index contributed by atoms with van der Waals surface area (Å²) >= 11 is 6.25. The highest BCUT2D eigenvalue weighted by Gasteiger charge is 2.34. The Balaban J connectivity index is 1.64. The van der Waals surface area contributed by atoms with Crippen molar-refractivity contribution < 1.29 is 4.79 Å². The zero-order chi connectivity index (χ0) is 22.7. The Hall–Kier alpha value is -2.91. The number of nitrogens with zero attached hydrogens (tertiary/aromatic N) is 6. The van der Waals surface area contributed by atoms with E-state index in [1.165, 1.54) is 0 Å². The lowest BCUT2D eigenvalue weighted by Crippen LogP contribution is -2.60. The number of H-pyrrole nitrogens is 1. The van der Waals surface area contributed by atoms with Gasteiger partial charge in [0.05, 0.1) is 11.1 Å². The number of hydrogen-bond acceptors (Lipinski definition) is 7. The summed E-state index contributed by atoms with van der Waals surface area (Å²) < 4.78 is 0. The number of aromatic amines is 1. The monoisotopic (exact) mass is 456 g/mol. The highest BCUT2D eigenvalue weighted by atomic mass is 35.5. The summed E-state index contributed by atoms with van der Waals surface area (Å²) in [6, 6.07) is 7.28. The molecule has 2 aromatic heterocycles. The van der Waals surface area contributed by atoms with Crippen molar-refractivity contribution >= 4 is 40.0 Å².